The van der Waals surface area contributed by atoms with Crippen molar-refractivity contribution < 1.29 is 18.7 Å². The van der Waals surface area contributed by atoms with Gasteiger partial charge in [-0.15, -0.1) is 11.3 Å². The SMILES string of the molecule is COC(=O)c1c(NC(=O)c2cc3cc(Cl)ccc3oc2=N)sc2c1CCC(C(C)(C)C)C2. The number of halogens is 1. The van der Waals surface area contributed by atoms with Crippen LogP contribution in [0.15, 0.2) is 28.7 Å². The fourth-order valence-corrected chi connectivity index (χ4v) is 5.67. The third-order valence-electron chi connectivity index (χ3n) is 6.08. The molecular formula is C24H25ClN2O4S. The number of ether oxygens (including phenoxy) is 1. The second-order valence-electron chi connectivity index (χ2n) is 9.13. The van der Waals surface area contributed by atoms with Crippen LogP contribution in [0.5, 0.6) is 0 Å². The normalized spacial score (nSPS) is 16.0. The van der Waals surface area contributed by atoms with Crippen molar-refractivity contribution in [3.63, 3.8) is 0 Å². The van der Waals surface area contributed by atoms with E-state index in [0.717, 1.165) is 29.7 Å². The van der Waals surface area contributed by atoms with E-state index in [-0.39, 0.29) is 16.5 Å². The van der Waals surface area contributed by atoms with Crippen molar-refractivity contribution in [3.8, 4) is 0 Å². The van der Waals surface area contributed by atoms with Crippen LogP contribution in [-0.2, 0) is 17.6 Å². The standard InChI is InChI=1S/C24H25ClN2O4S/c1-24(2,3)13-5-7-15-18(11-13)32-22(19(15)23(29)30-4)27-21(28)16-10-12-9-14(25)6-8-17(12)31-20(16)26/h6,8-10,13,26H,5,7,11H2,1-4H3,(H,27,28). The Bertz CT molecular complexity index is 1290. The summed E-state index contributed by atoms with van der Waals surface area (Å²) in [5, 5.41) is 12.6. The molecule has 1 aliphatic carbocycles. The minimum Gasteiger partial charge on any atom is -0.465 e. The largest absolute Gasteiger partial charge is 0.465 e. The summed E-state index contributed by atoms with van der Waals surface area (Å²) in [4.78, 5) is 26.8. The van der Waals surface area contributed by atoms with Gasteiger partial charge < -0.3 is 14.5 Å². The molecule has 1 aliphatic rings. The molecular weight excluding hydrogens is 448 g/mol. The molecule has 1 amide bonds. The van der Waals surface area contributed by atoms with Gasteiger partial charge in [0.25, 0.3) is 5.91 Å². The number of esters is 1. The molecule has 4 rings (SSSR count). The lowest BCUT2D eigenvalue weighted by Gasteiger charge is -2.33. The second-order valence-corrected chi connectivity index (χ2v) is 10.7. The number of carbonyl (C=O) groups is 2. The topological polar surface area (TPSA) is 92.4 Å². The first-order valence-corrected chi connectivity index (χ1v) is 11.6. The van der Waals surface area contributed by atoms with Crippen LogP contribution in [0.3, 0.4) is 0 Å². The maximum atomic E-state index is 13.1. The number of fused-ring (bicyclic) bond motifs is 2. The van der Waals surface area contributed by atoms with E-state index < -0.39 is 11.9 Å². The highest BCUT2D eigenvalue weighted by Gasteiger charge is 2.34. The first-order chi connectivity index (χ1) is 15.1. The predicted octanol–water partition coefficient (Wildman–Crippen LogP) is 5.82. The molecule has 32 heavy (non-hydrogen) atoms. The molecule has 0 fully saturated rings. The molecule has 2 heterocycles. The van der Waals surface area contributed by atoms with Crippen LogP contribution in [0.25, 0.3) is 11.0 Å². The molecule has 0 saturated carbocycles. The highest BCUT2D eigenvalue weighted by molar-refractivity contribution is 7.17. The van der Waals surface area contributed by atoms with Crippen LogP contribution in [0.1, 0.15) is 58.3 Å². The Morgan fingerprint density at radius 1 is 1.28 bits per heavy atom. The number of hydrogen-bond acceptors (Lipinski definition) is 6. The van der Waals surface area contributed by atoms with E-state index in [0.29, 0.717) is 32.5 Å². The smallest absolute Gasteiger partial charge is 0.341 e. The Morgan fingerprint density at radius 2 is 2.03 bits per heavy atom. The molecule has 1 unspecified atom stereocenters. The number of amides is 1. The quantitative estimate of drug-likeness (QED) is 0.470. The Kier molecular flexibility index (Phi) is 5.90. The van der Waals surface area contributed by atoms with Crippen molar-refractivity contribution in [1.29, 1.82) is 5.41 Å². The molecule has 6 nitrogen and oxygen atoms in total. The summed E-state index contributed by atoms with van der Waals surface area (Å²) < 4.78 is 10.5. The van der Waals surface area contributed by atoms with Gasteiger partial charge in [-0.3, -0.25) is 10.2 Å². The molecule has 2 aromatic heterocycles. The molecule has 1 atom stereocenters. The van der Waals surface area contributed by atoms with Gasteiger partial charge >= 0.3 is 5.97 Å². The minimum absolute atomic E-state index is 0.0644. The Balaban J connectivity index is 1.71. The zero-order valence-electron chi connectivity index (χ0n) is 18.4. The van der Waals surface area contributed by atoms with Gasteiger partial charge in [-0.2, -0.15) is 0 Å². The van der Waals surface area contributed by atoms with Crippen LogP contribution >= 0.6 is 22.9 Å². The Hall–Kier alpha value is -2.64. The summed E-state index contributed by atoms with van der Waals surface area (Å²) in [6.07, 6.45) is 2.60. The highest BCUT2D eigenvalue weighted by atomic mass is 35.5. The van der Waals surface area contributed by atoms with Gasteiger partial charge in [0, 0.05) is 15.3 Å². The number of anilines is 1. The molecule has 0 bridgehead atoms. The molecule has 0 saturated heterocycles. The number of hydrogen-bond donors (Lipinski definition) is 2. The summed E-state index contributed by atoms with van der Waals surface area (Å²) in [7, 11) is 1.34. The number of benzene rings is 1. The molecule has 168 valence electrons. The van der Waals surface area contributed by atoms with Crippen molar-refractivity contribution in [2.24, 2.45) is 11.3 Å². The molecule has 0 spiro atoms. The van der Waals surface area contributed by atoms with E-state index in [2.05, 4.69) is 26.1 Å². The minimum atomic E-state index is -0.517. The van der Waals surface area contributed by atoms with Crippen LogP contribution in [-0.4, -0.2) is 19.0 Å². The van der Waals surface area contributed by atoms with E-state index in [1.165, 1.54) is 18.4 Å². The van der Waals surface area contributed by atoms with Gasteiger partial charge in [0.05, 0.1) is 12.7 Å². The van der Waals surface area contributed by atoms with Crippen molar-refractivity contribution >= 4 is 50.8 Å². The fraction of sp³-hybridized carbons (Fsp3) is 0.375. The average molecular weight is 473 g/mol. The summed E-state index contributed by atoms with van der Waals surface area (Å²) in [5.74, 6) is -0.489. The molecule has 2 N–H and O–H groups in total. The lowest BCUT2D eigenvalue weighted by Crippen LogP contribution is -2.26. The third-order valence-corrected chi connectivity index (χ3v) is 7.48. The molecule has 0 aliphatic heterocycles. The summed E-state index contributed by atoms with van der Waals surface area (Å²) in [6, 6.07) is 6.57. The summed E-state index contributed by atoms with van der Waals surface area (Å²) in [6.45, 7) is 6.68. The summed E-state index contributed by atoms with van der Waals surface area (Å²) in [5.41, 5.74) is 1.80. The maximum Gasteiger partial charge on any atom is 0.341 e. The zero-order valence-corrected chi connectivity index (χ0v) is 20.0. The van der Waals surface area contributed by atoms with Crippen molar-refractivity contribution in [2.75, 3.05) is 12.4 Å². The van der Waals surface area contributed by atoms with Crippen LogP contribution in [0, 0.1) is 16.7 Å². The van der Waals surface area contributed by atoms with Crippen molar-refractivity contribution in [1.82, 2.24) is 0 Å². The fourth-order valence-electron chi connectivity index (χ4n) is 4.18. The summed E-state index contributed by atoms with van der Waals surface area (Å²) >= 11 is 7.47. The van der Waals surface area contributed by atoms with Crippen molar-refractivity contribution in [2.45, 2.75) is 40.0 Å². The Labute approximate surface area is 195 Å². The van der Waals surface area contributed by atoms with Gasteiger partial charge in [0.1, 0.15) is 16.1 Å². The second kappa shape index (κ2) is 8.37. The number of rotatable bonds is 3. The van der Waals surface area contributed by atoms with Gasteiger partial charge in [-0.25, -0.2) is 4.79 Å². The predicted molar refractivity (Wildman–Crippen MR) is 126 cm³/mol. The monoisotopic (exact) mass is 472 g/mol. The average Bonchev–Trinajstić information content (AvgIpc) is 3.09. The molecule has 1 aromatic carbocycles. The number of thiophene rings is 1. The lowest BCUT2D eigenvalue weighted by molar-refractivity contribution is 0.0600. The highest BCUT2D eigenvalue weighted by Crippen LogP contribution is 2.44. The van der Waals surface area contributed by atoms with Crippen LogP contribution in [0.2, 0.25) is 5.02 Å². The van der Waals surface area contributed by atoms with E-state index in [9.17, 15) is 9.59 Å². The third kappa shape index (κ3) is 4.19. The Morgan fingerprint density at radius 3 is 2.72 bits per heavy atom. The zero-order chi connectivity index (χ0) is 23.2. The molecule has 8 heteroatoms. The van der Waals surface area contributed by atoms with E-state index >= 15 is 0 Å². The van der Waals surface area contributed by atoms with Crippen LogP contribution < -0.4 is 10.9 Å². The maximum absolute atomic E-state index is 13.1. The molecule has 0 radical (unpaired) electrons. The van der Waals surface area contributed by atoms with Gasteiger partial charge in [-0.05, 0) is 60.4 Å². The van der Waals surface area contributed by atoms with Gasteiger partial charge in [0.15, 0.2) is 0 Å². The van der Waals surface area contributed by atoms with Crippen LogP contribution in [0.4, 0.5) is 5.00 Å². The first-order valence-electron chi connectivity index (χ1n) is 10.4. The number of methoxy groups -OCH3 is 1. The van der Waals surface area contributed by atoms with Gasteiger partial charge in [-0.1, -0.05) is 32.4 Å². The number of carbonyl (C=O) groups excluding carboxylic acids is 2. The van der Waals surface area contributed by atoms with Gasteiger partial charge in [0.2, 0.25) is 5.55 Å². The molecule has 3 aromatic rings. The van der Waals surface area contributed by atoms with Crippen molar-refractivity contribution in [3.05, 3.63) is 56.4 Å². The van der Waals surface area contributed by atoms with E-state index in [4.69, 9.17) is 26.2 Å². The van der Waals surface area contributed by atoms with E-state index in [1.807, 2.05) is 0 Å². The lowest BCUT2D eigenvalue weighted by atomic mass is 9.72. The van der Waals surface area contributed by atoms with E-state index in [1.54, 1.807) is 24.3 Å². The first kappa shape index (κ1) is 22.6. The number of nitrogens with one attached hydrogen (secondary N) is 2.